The molecule has 0 aliphatic carbocycles. The Morgan fingerprint density at radius 2 is 2.17 bits per heavy atom. The lowest BCUT2D eigenvalue weighted by atomic mass is 10.1. The van der Waals surface area contributed by atoms with Crippen molar-refractivity contribution in [3.05, 3.63) is 38.9 Å². The Morgan fingerprint density at radius 1 is 1.44 bits per heavy atom. The van der Waals surface area contributed by atoms with Gasteiger partial charge in [-0.2, -0.15) is 0 Å². The number of carbonyl (C=O) groups excluding carboxylic acids is 1. The van der Waals surface area contributed by atoms with E-state index in [0.29, 0.717) is 6.54 Å². The van der Waals surface area contributed by atoms with Crippen LogP contribution in [0.3, 0.4) is 0 Å². The third kappa shape index (κ3) is 3.70. The Kier molecular flexibility index (Phi) is 5.58. The second kappa shape index (κ2) is 6.96. The molecular weight excluding hydrogens is 256 g/mol. The number of rotatable bonds is 6. The molecule has 6 heteroatoms. The number of amides is 1. The fraction of sp³-hybridized carbons (Fsp3) is 0.417. The molecule has 0 aliphatic rings. The Balaban J connectivity index is 2.79. The molecule has 0 saturated carbocycles. The van der Waals surface area contributed by atoms with Gasteiger partial charge in [0.2, 0.25) is 0 Å². The highest BCUT2D eigenvalue weighted by Crippen LogP contribution is 2.27. The monoisotopic (exact) mass is 270 g/mol. The van der Waals surface area contributed by atoms with Crippen LogP contribution in [0.25, 0.3) is 0 Å². The van der Waals surface area contributed by atoms with Crippen LogP contribution < -0.4 is 5.32 Å². The molecule has 0 atom stereocenters. The van der Waals surface area contributed by atoms with Crippen molar-refractivity contribution in [3.8, 4) is 0 Å². The third-order valence-corrected chi connectivity index (χ3v) is 2.78. The topological polar surface area (TPSA) is 72.2 Å². The maximum atomic E-state index is 11.8. The van der Waals surface area contributed by atoms with Gasteiger partial charge in [-0.3, -0.25) is 14.9 Å². The zero-order valence-corrected chi connectivity index (χ0v) is 10.9. The highest BCUT2D eigenvalue weighted by atomic mass is 35.5. The van der Waals surface area contributed by atoms with E-state index in [9.17, 15) is 14.9 Å². The maximum Gasteiger partial charge on any atom is 0.300 e. The molecule has 0 aliphatic heterocycles. The minimum Gasteiger partial charge on any atom is -0.352 e. The molecule has 0 spiro atoms. The van der Waals surface area contributed by atoms with E-state index in [0.717, 1.165) is 19.3 Å². The maximum absolute atomic E-state index is 11.8. The largest absolute Gasteiger partial charge is 0.352 e. The van der Waals surface area contributed by atoms with Crippen LogP contribution in [0, 0.1) is 10.1 Å². The molecular formula is C12H15ClN2O3. The first kappa shape index (κ1) is 14.4. The summed E-state index contributed by atoms with van der Waals surface area (Å²) in [5, 5.41) is 13.5. The standard InChI is InChI=1S/C12H15ClN2O3/c1-2-3-4-8-14-12(16)9-6-5-7-10(13)11(9)15(17)18/h5-7H,2-4,8H2,1H3,(H,14,16). The predicted octanol–water partition coefficient (Wildman–Crippen LogP) is 3.17. The SMILES string of the molecule is CCCCCNC(=O)c1cccc(Cl)c1[N+](=O)[O-]. The van der Waals surface area contributed by atoms with Gasteiger partial charge < -0.3 is 5.32 Å². The van der Waals surface area contributed by atoms with Gasteiger partial charge in [0.25, 0.3) is 5.91 Å². The molecule has 5 nitrogen and oxygen atoms in total. The molecule has 0 bridgehead atoms. The van der Waals surface area contributed by atoms with Gasteiger partial charge in [-0.1, -0.05) is 37.4 Å². The number of nitro groups is 1. The molecule has 0 aromatic heterocycles. The fourth-order valence-electron chi connectivity index (χ4n) is 1.56. The Hall–Kier alpha value is -1.62. The van der Waals surface area contributed by atoms with Crippen molar-refractivity contribution in [2.45, 2.75) is 26.2 Å². The van der Waals surface area contributed by atoms with E-state index in [2.05, 4.69) is 12.2 Å². The summed E-state index contributed by atoms with van der Waals surface area (Å²) in [5.74, 6) is -0.458. The lowest BCUT2D eigenvalue weighted by Crippen LogP contribution is -2.25. The molecule has 0 saturated heterocycles. The van der Waals surface area contributed by atoms with Crippen LogP contribution in [-0.2, 0) is 0 Å². The smallest absolute Gasteiger partial charge is 0.300 e. The molecule has 1 aromatic carbocycles. The van der Waals surface area contributed by atoms with Gasteiger partial charge in [-0.25, -0.2) is 0 Å². The van der Waals surface area contributed by atoms with Crippen LogP contribution in [0.2, 0.25) is 5.02 Å². The van der Waals surface area contributed by atoms with Crippen molar-refractivity contribution in [3.63, 3.8) is 0 Å². The lowest BCUT2D eigenvalue weighted by Gasteiger charge is -2.06. The zero-order valence-electron chi connectivity index (χ0n) is 10.1. The summed E-state index contributed by atoms with van der Waals surface area (Å²) >= 11 is 5.73. The Morgan fingerprint density at radius 3 is 2.78 bits per heavy atom. The van der Waals surface area contributed by atoms with Crippen LogP contribution in [0.4, 0.5) is 5.69 Å². The van der Waals surface area contributed by atoms with Crippen molar-refractivity contribution in [1.82, 2.24) is 5.32 Å². The number of nitro benzene ring substituents is 1. The molecule has 0 fully saturated rings. The molecule has 1 aromatic rings. The van der Waals surface area contributed by atoms with Crippen molar-refractivity contribution < 1.29 is 9.72 Å². The molecule has 0 radical (unpaired) electrons. The van der Waals surface area contributed by atoms with Crippen molar-refractivity contribution in [1.29, 1.82) is 0 Å². The van der Waals surface area contributed by atoms with Crippen molar-refractivity contribution in [2.75, 3.05) is 6.54 Å². The molecule has 0 unspecified atom stereocenters. The number of nitrogens with zero attached hydrogens (tertiary/aromatic N) is 1. The third-order valence-electron chi connectivity index (χ3n) is 2.48. The summed E-state index contributed by atoms with van der Waals surface area (Å²) in [6.07, 6.45) is 2.92. The highest BCUT2D eigenvalue weighted by Gasteiger charge is 2.22. The number of para-hydroxylation sites is 1. The number of nitrogens with one attached hydrogen (secondary N) is 1. The second-order valence-electron chi connectivity index (χ2n) is 3.86. The molecule has 1 amide bonds. The van der Waals surface area contributed by atoms with Crippen LogP contribution in [0.5, 0.6) is 0 Å². The summed E-state index contributed by atoms with van der Waals surface area (Å²) in [5.41, 5.74) is -0.337. The van der Waals surface area contributed by atoms with E-state index in [1.54, 1.807) is 0 Å². The normalized spacial score (nSPS) is 10.1. The average molecular weight is 271 g/mol. The molecule has 1 N–H and O–H groups in total. The lowest BCUT2D eigenvalue weighted by molar-refractivity contribution is -0.385. The summed E-state index contributed by atoms with van der Waals surface area (Å²) < 4.78 is 0. The van der Waals surface area contributed by atoms with E-state index in [-0.39, 0.29) is 16.3 Å². The second-order valence-corrected chi connectivity index (χ2v) is 4.26. The number of halogens is 1. The van der Waals surface area contributed by atoms with Gasteiger partial charge in [0.05, 0.1) is 4.92 Å². The summed E-state index contributed by atoms with van der Waals surface area (Å²) in [7, 11) is 0. The predicted molar refractivity (Wildman–Crippen MR) is 70.0 cm³/mol. The minimum absolute atomic E-state index is 0.00370. The number of carbonyl (C=O) groups is 1. The number of hydrogen-bond donors (Lipinski definition) is 1. The van der Waals surface area contributed by atoms with E-state index < -0.39 is 10.8 Å². The fourth-order valence-corrected chi connectivity index (χ4v) is 1.80. The quantitative estimate of drug-likeness (QED) is 0.490. The summed E-state index contributed by atoms with van der Waals surface area (Å²) in [6, 6.07) is 4.32. The number of benzene rings is 1. The first-order chi connectivity index (χ1) is 8.57. The molecule has 98 valence electrons. The molecule has 0 heterocycles. The van der Waals surface area contributed by atoms with Crippen LogP contribution in [0.15, 0.2) is 18.2 Å². The number of unbranched alkanes of at least 4 members (excludes halogenated alkanes) is 2. The van der Waals surface area contributed by atoms with Crippen LogP contribution in [-0.4, -0.2) is 17.4 Å². The van der Waals surface area contributed by atoms with Gasteiger partial charge in [-0.05, 0) is 18.6 Å². The van der Waals surface area contributed by atoms with Gasteiger partial charge in [0.15, 0.2) is 0 Å². The van der Waals surface area contributed by atoms with Gasteiger partial charge >= 0.3 is 5.69 Å². The van der Waals surface area contributed by atoms with Gasteiger partial charge in [-0.15, -0.1) is 0 Å². The van der Waals surface area contributed by atoms with E-state index in [1.807, 2.05) is 0 Å². The first-order valence-electron chi connectivity index (χ1n) is 5.79. The van der Waals surface area contributed by atoms with Crippen molar-refractivity contribution in [2.24, 2.45) is 0 Å². The zero-order chi connectivity index (χ0) is 13.5. The van der Waals surface area contributed by atoms with Gasteiger partial charge in [0.1, 0.15) is 10.6 Å². The van der Waals surface area contributed by atoms with Gasteiger partial charge in [0, 0.05) is 6.54 Å². The van der Waals surface area contributed by atoms with Crippen molar-refractivity contribution >= 4 is 23.2 Å². The Labute approximate surface area is 110 Å². The van der Waals surface area contributed by atoms with E-state index in [1.165, 1.54) is 18.2 Å². The summed E-state index contributed by atoms with van der Waals surface area (Å²) in [4.78, 5) is 22.0. The molecule has 1 rings (SSSR count). The summed E-state index contributed by atoms with van der Waals surface area (Å²) in [6.45, 7) is 2.57. The van der Waals surface area contributed by atoms with E-state index in [4.69, 9.17) is 11.6 Å². The molecule has 18 heavy (non-hydrogen) atoms. The van der Waals surface area contributed by atoms with E-state index >= 15 is 0 Å². The number of hydrogen-bond acceptors (Lipinski definition) is 3. The average Bonchev–Trinajstić information content (AvgIpc) is 2.33. The van der Waals surface area contributed by atoms with Crippen LogP contribution >= 0.6 is 11.6 Å². The Bertz CT molecular complexity index is 449. The highest BCUT2D eigenvalue weighted by molar-refractivity contribution is 6.33. The minimum atomic E-state index is -0.636. The van der Waals surface area contributed by atoms with Crippen LogP contribution in [0.1, 0.15) is 36.5 Å². The first-order valence-corrected chi connectivity index (χ1v) is 6.16.